The van der Waals surface area contributed by atoms with Crippen LogP contribution in [0, 0.1) is 0 Å². The van der Waals surface area contributed by atoms with Crippen molar-refractivity contribution in [3.63, 3.8) is 0 Å². The van der Waals surface area contributed by atoms with E-state index in [1.54, 1.807) is 0 Å². The summed E-state index contributed by atoms with van der Waals surface area (Å²) >= 11 is 0. The van der Waals surface area contributed by atoms with Gasteiger partial charge in [0.05, 0.1) is 0 Å². The lowest BCUT2D eigenvalue weighted by atomic mass is 10.1. The Morgan fingerprint density at radius 2 is 1.88 bits per heavy atom. The van der Waals surface area contributed by atoms with Gasteiger partial charge in [0.1, 0.15) is 12.4 Å². The summed E-state index contributed by atoms with van der Waals surface area (Å²) in [6, 6.07) is 17.7. The van der Waals surface area contributed by atoms with Gasteiger partial charge in [0.15, 0.2) is 0 Å². The normalized spacial score (nSPS) is 16.3. The number of carbonyl (C=O) groups excluding carboxylic acids is 1. The van der Waals surface area contributed by atoms with Crippen molar-refractivity contribution in [2.75, 3.05) is 20.1 Å². The second-order valence-electron chi connectivity index (χ2n) is 5.86. The number of nitrogens with zero attached hydrogens (tertiary/aromatic N) is 1. The molecule has 24 heavy (non-hydrogen) atoms. The monoisotopic (exact) mass is 346 g/mol. The highest BCUT2D eigenvalue weighted by molar-refractivity contribution is 5.94. The lowest BCUT2D eigenvalue weighted by Gasteiger charge is -2.23. The van der Waals surface area contributed by atoms with Crippen LogP contribution in [0.3, 0.4) is 0 Å². The fourth-order valence-electron chi connectivity index (χ4n) is 2.77. The van der Waals surface area contributed by atoms with Gasteiger partial charge in [0.25, 0.3) is 5.91 Å². The Hall–Kier alpha value is -2.04. The SMILES string of the molecule is CN(C(=O)c1ccc(OCc2ccccc2)cc1)[C@H]1CCNC1.Cl. The van der Waals surface area contributed by atoms with Crippen LogP contribution in [-0.4, -0.2) is 37.0 Å². The fraction of sp³-hybridized carbons (Fsp3) is 0.316. The van der Waals surface area contributed by atoms with Gasteiger partial charge < -0.3 is 15.0 Å². The van der Waals surface area contributed by atoms with Gasteiger partial charge in [-0.05, 0) is 42.8 Å². The van der Waals surface area contributed by atoms with Gasteiger partial charge in [-0.2, -0.15) is 0 Å². The summed E-state index contributed by atoms with van der Waals surface area (Å²) in [5.41, 5.74) is 1.83. The van der Waals surface area contributed by atoms with E-state index in [4.69, 9.17) is 4.74 Å². The summed E-state index contributed by atoms with van der Waals surface area (Å²) < 4.78 is 5.75. The molecule has 1 atom stereocenters. The zero-order chi connectivity index (χ0) is 16.1. The second-order valence-corrected chi connectivity index (χ2v) is 5.86. The molecule has 1 amide bonds. The van der Waals surface area contributed by atoms with Gasteiger partial charge in [-0.1, -0.05) is 30.3 Å². The molecule has 2 aromatic carbocycles. The van der Waals surface area contributed by atoms with Crippen LogP contribution >= 0.6 is 12.4 Å². The van der Waals surface area contributed by atoms with E-state index >= 15 is 0 Å². The predicted octanol–water partition coefficient (Wildman–Crippen LogP) is 3.12. The maximum absolute atomic E-state index is 12.5. The highest BCUT2D eigenvalue weighted by atomic mass is 35.5. The Balaban J connectivity index is 0.00000208. The van der Waals surface area contributed by atoms with Gasteiger partial charge in [-0.15, -0.1) is 12.4 Å². The molecule has 0 unspecified atom stereocenters. The van der Waals surface area contributed by atoms with Crippen molar-refractivity contribution in [3.8, 4) is 5.75 Å². The number of nitrogens with one attached hydrogen (secondary N) is 1. The number of benzene rings is 2. The van der Waals surface area contributed by atoms with Crippen molar-refractivity contribution in [1.82, 2.24) is 10.2 Å². The molecule has 5 heteroatoms. The van der Waals surface area contributed by atoms with E-state index in [0.29, 0.717) is 12.2 Å². The molecule has 2 aromatic rings. The van der Waals surface area contributed by atoms with Crippen LogP contribution in [0.4, 0.5) is 0 Å². The number of ether oxygens (including phenoxy) is 1. The van der Waals surface area contributed by atoms with Gasteiger partial charge in [-0.25, -0.2) is 0 Å². The molecule has 0 aliphatic carbocycles. The van der Waals surface area contributed by atoms with Gasteiger partial charge in [0, 0.05) is 25.2 Å². The maximum Gasteiger partial charge on any atom is 0.253 e. The zero-order valence-corrected chi connectivity index (χ0v) is 14.6. The summed E-state index contributed by atoms with van der Waals surface area (Å²) in [7, 11) is 1.87. The fourth-order valence-corrected chi connectivity index (χ4v) is 2.77. The summed E-state index contributed by atoms with van der Waals surface area (Å²) in [5, 5.41) is 3.29. The summed E-state index contributed by atoms with van der Waals surface area (Å²) in [6.45, 7) is 2.39. The van der Waals surface area contributed by atoms with Crippen molar-refractivity contribution < 1.29 is 9.53 Å². The molecule has 1 heterocycles. The predicted molar refractivity (Wildman–Crippen MR) is 97.8 cm³/mol. The molecule has 0 saturated carbocycles. The standard InChI is InChI=1S/C19H22N2O2.ClH/c1-21(17-11-12-20-13-17)19(22)16-7-9-18(10-8-16)23-14-15-5-3-2-4-6-15;/h2-10,17,20H,11-14H2,1H3;1H/t17-;/m0./s1. The number of hydrogen-bond acceptors (Lipinski definition) is 3. The average molecular weight is 347 g/mol. The molecule has 3 rings (SSSR count). The maximum atomic E-state index is 12.5. The zero-order valence-electron chi connectivity index (χ0n) is 13.8. The first-order chi connectivity index (χ1) is 11.2. The third kappa shape index (κ3) is 4.49. The van der Waals surface area contributed by atoms with Crippen LogP contribution in [0.15, 0.2) is 54.6 Å². The van der Waals surface area contributed by atoms with Gasteiger partial charge >= 0.3 is 0 Å². The van der Waals surface area contributed by atoms with Crippen molar-refractivity contribution in [1.29, 1.82) is 0 Å². The summed E-state index contributed by atoms with van der Waals surface area (Å²) in [4.78, 5) is 14.3. The van der Waals surface area contributed by atoms with E-state index in [1.807, 2.05) is 66.5 Å². The van der Waals surface area contributed by atoms with E-state index in [1.165, 1.54) is 0 Å². The molecule has 4 nitrogen and oxygen atoms in total. The van der Waals surface area contributed by atoms with Crippen LogP contribution in [0.25, 0.3) is 0 Å². The van der Waals surface area contributed by atoms with E-state index in [-0.39, 0.29) is 24.4 Å². The molecule has 128 valence electrons. The molecule has 0 aromatic heterocycles. The van der Waals surface area contributed by atoms with Crippen LogP contribution in [0.1, 0.15) is 22.3 Å². The van der Waals surface area contributed by atoms with Crippen LogP contribution in [-0.2, 0) is 6.61 Å². The molecule has 0 bridgehead atoms. The quantitative estimate of drug-likeness (QED) is 0.904. The van der Waals surface area contributed by atoms with E-state index < -0.39 is 0 Å². The van der Waals surface area contributed by atoms with Crippen molar-refractivity contribution >= 4 is 18.3 Å². The molecular formula is C19H23ClN2O2. The highest BCUT2D eigenvalue weighted by Gasteiger charge is 2.23. The Morgan fingerprint density at radius 1 is 1.17 bits per heavy atom. The minimum atomic E-state index is 0. The topological polar surface area (TPSA) is 41.6 Å². The number of amides is 1. The lowest BCUT2D eigenvalue weighted by molar-refractivity contribution is 0.0743. The molecule has 0 spiro atoms. The summed E-state index contributed by atoms with van der Waals surface area (Å²) in [6.07, 6.45) is 1.01. The molecule has 1 N–H and O–H groups in total. The van der Waals surface area contributed by atoms with Crippen LogP contribution in [0.2, 0.25) is 0 Å². The first-order valence-corrected chi connectivity index (χ1v) is 7.99. The summed E-state index contributed by atoms with van der Waals surface area (Å²) in [5.74, 6) is 0.837. The van der Waals surface area contributed by atoms with Crippen LogP contribution < -0.4 is 10.1 Å². The van der Waals surface area contributed by atoms with Crippen molar-refractivity contribution in [2.45, 2.75) is 19.1 Å². The van der Waals surface area contributed by atoms with E-state index in [0.717, 1.165) is 30.8 Å². The first-order valence-electron chi connectivity index (χ1n) is 7.99. The Bertz CT molecular complexity index is 640. The van der Waals surface area contributed by atoms with Crippen LogP contribution in [0.5, 0.6) is 5.75 Å². The number of rotatable bonds is 5. The number of carbonyl (C=O) groups is 1. The average Bonchev–Trinajstić information content (AvgIpc) is 3.15. The van der Waals surface area contributed by atoms with Gasteiger partial charge in [-0.3, -0.25) is 4.79 Å². The number of likely N-dealkylation sites (N-methyl/N-ethyl adjacent to an activating group) is 1. The minimum absolute atomic E-state index is 0. The Labute approximate surface area is 149 Å². The number of halogens is 1. The third-order valence-corrected chi connectivity index (χ3v) is 4.25. The van der Waals surface area contributed by atoms with Crippen molar-refractivity contribution in [2.24, 2.45) is 0 Å². The molecule has 1 aliphatic heterocycles. The molecular weight excluding hydrogens is 324 g/mol. The smallest absolute Gasteiger partial charge is 0.253 e. The highest BCUT2D eigenvalue weighted by Crippen LogP contribution is 2.17. The molecule has 1 fully saturated rings. The minimum Gasteiger partial charge on any atom is -0.489 e. The third-order valence-electron chi connectivity index (χ3n) is 4.25. The number of hydrogen-bond donors (Lipinski definition) is 1. The van der Waals surface area contributed by atoms with E-state index in [9.17, 15) is 4.79 Å². The lowest BCUT2D eigenvalue weighted by Crippen LogP contribution is -2.38. The Morgan fingerprint density at radius 3 is 2.50 bits per heavy atom. The molecule has 0 radical (unpaired) electrons. The second kappa shape index (κ2) is 8.71. The van der Waals surface area contributed by atoms with Gasteiger partial charge in [0.2, 0.25) is 0 Å². The largest absolute Gasteiger partial charge is 0.489 e. The van der Waals surface area contributed by atoms with Crippen molar-refractivity contribution in [3.05, 3.63) is 65.7 Å². The van der Waals surface area contributed by atoms with E-state index in [2.05, 4.69) is 5.32 Å². The molecule has 1 aliphatic rings. The Kier molecular flexibility index (Phi) is 6.64. The first kappa shape index (κ1) is 18.3. The molecule has 1 saturated heterocycles.